The summed E-state index contributed by atoms with van der Waals surface area (Å²) >= 11 is 0. The second-order valence-corrected chi connectivity index (χ2v) is 3.04. The monoisotopic (exact) mass is 185 g/mol. The van der Waals surface area contributed by atoms with Crippen LogP contribution in [0, 0.1) is 5.41 Å². The fourth-order valence-electron chi connectivity index (χ4n) is 0.474. The Labute approximate surface area is 101 Å². The van der Waals surface area contributed by atoms with Crippen molar-refractivity contribution in [3.05, 3.63) is 5.32 Å². The summed E-state index contributed by atoms with van der Waals surface area (Å²) in [5, 5.41) is 4.01. The maximum Gasteiger partial charge on any atom is 1.00 e. The van der Waals surface area contributed by atoms with Crippen molar-refractivity contribution >= 4 is 0 Å². The molecule has 0 bridgehead atoms. The number of nitrogens with zero attached hydrogens (tertiary/aromatic N) is 1. The molecule has 8 heavy (non-hydrogen) atoms. The van der Waals surface area contributed by atoms with Crippen LogP contribution in [-0.2, 0) is 0 Å². The zero-order chi connectivity index (χ0) is 5.91. The van der Waals surface area contributed by atoms with Gasteiger partial charge in [-0.2, -0.15) is 7.05 Å². The van der Waals surface area contributed by atoms with E-state index < -0.39 is 0 Å². The first-order valence-electron chi connectivity index (χ1n) is 2.62. The summed E-state index contributed by atoms with van der Waals surface area (Å²) < 4.78 is 0. The molecule has 0 radical (unpaired) electrons. The first kappa shape index (κ1) is 12.4. The molecule has 0 saturated heterocycles. The van der Waals surface area contributed by atoms with Gasteiger partial charge in [0.2, 0.25) is 0 Å². The van der Waals surface area contributed by atoms with Gasteiger partial charge in [-0.1, -0.05) is 26.2 Å². The standard InChI is InChI=1S/C6H14N.Rb/c1-6(2,3)5-7-4;/h5H2,1-4H3;/q-1;+1. The third kappa shape index (κ3) is 10.7. The Bertz CT molecular complexity index is 47.0. The smallest absolute Gasteiger partial charge is 0.665 e. The summed E-state index contributed by atoms with van der Waals surface area (Å²) in [6.45, 7) is 7.51. The summed E-state index contributed by atoms with van der Waals surface area (Å²) in [5.41, 5.74) is 0.384. The maximum absolute atomic E-state index is 4.01. The second-order valence-electron chi connectivity index (χ2n) is 3.04. The minimum atomic E-state index is 0. The van der Waals surface area contributed by atoms with Gasteiger partial charge in [0.25, 0.3) is 0 Å². The molecule has 0 aromatic rings. The normalized spacial score (nSPS) is 10.5. The van der Waals surface area contributed by atoms with Crippen LogP contribution in [0.4, 0.5) is 0 Å². The van der Waals surface area contributed by atoms with Crippen LogP contribution in [0.1, 0.15) is 20.8 Å². The third-order valence-electron chi connectivity index (χ3n) is 0.632. The zero-order valence-corrected chi connectivity index (χ0v) is 11.6. The Balaban J connectivity index is 0. The molecule has 0 aliphatic heterocycles. The van der Waals surface area contributed by atoms with E-state index in [2.05, 4.69) is 26.1 Å². The van der Waals surface area contributed by atoms with E-state index in [-0.39, 0.29) is 58.2 Å². The topological polar surface area (TPSA) is 14.1 Å². The maximum atomic E-state index is 4.01. The second kappa shape index (κ2) is 5.54. The van der Waals surface area contributed by atoms with Crippen molar-refractivity contribution in [1.82, 2.24) is 0 Å². The molecule has 2 heteroatoms. The predicted octanol–water partition coefficient (Wildman–Crippen LogP) is -0.960. The van der Waals surface area contributed by atoms with Gasteiger partial charge < -0.3 is 5.32 Å². The quantitative estimate of drug-likeness (QED) is 0.500. The number of rotatable bonds is 1. The molecule has 0 aromatic carbocycles. The molecular formula is C6H14NRb. The van der Waals surface area contributed by atoms with Gasteiger partial charge in [-0.3, -0.25) is 0 Å². The predicted molar refractivity (Wildman–Crippen MR) is 33.6 cm³/mol. The van der Waals surface area contributed by atoms with Gasteiger partial charge in [-0.25, -0.2) is 0 Å². The van der Waals surface area contributed by atoms with Gasteiger partial charge >= 0.3 is 58.2 Å². The molecule has 0 atom stereocenters. The van der Waals surface area contributed by atoms with Crippen LogP contribution in [0.15, 0.2) is 0 Å². The van der Waals surface area contributed by atoms with Crippen molar-refractivity contribution in [3.8, 4) is 0 Å². The summed E-state index contributed by atoms with van der Waals surface area (Å²) in [6, 6.07) is 0. The van der Waals surface area contributed by atoms with E-state index in [1.54, 1.807) is 0 Å². The van der Waals surface area contributed by atoms with E-state index in [9.17, 15) is 0 Å². The minimum absolute atomic E-state index is 0. The van der Waals surface area contributed by atoms with Crippen LogP contribution in [0.5, 0.6) is 0 Å². The summed E-state index contributed by atoms with van der Waals surface area (Å²) in [7, 11) is 1.85. The molecule has 0 saturated carbocycles. The molecule has 0 heterocycles. The summed E-state index contributed by atoms with van der Waals surface area (Å²) in [4.78, 5) is 0. The van der Waals surface area contributed by atoms with Gasteiger partial charge in [0.15, 0.2) is 0 Å². The van der Waals surface area contributed by atoms with Crippen molar-refractivity contribution in [3.63, 3.8) is 0 Å². The van der Waals surface area contributed by atoms with Gasteiger partial charge in [-0.15, -0.1) is 6.54 Å². The van der Waals surface area contributed by atoms with Crippen LogP contribution in [0.2, 0.25) is 0 Å². The Morgan fingerprint density at radius 1 is 1.25 bits per heavy atom. The van der Waals surface area contributed by atoms with E-state index in [1.807, 2.05) is 7.05 Å². The van der Waals surface area contributed by atoms with Crippen LogP contribution in [0.3, 0.4) is 0 Å². The average molecular weight is 186 g/mol. The van der Waals surface area contributed by atoms with Crippen molar-refractivity contribution in [1.29, 1.82) is 0 Å². The molecule has 0 aliphatic carbocycles. The van der Waals surface area contributed by atoms with Crippen molar-refractivity contribution < 1.29 is 58.2 Å². The van der Waals surface area contributed by atoms with E-state index in [0.29, 0.717) is 5.41 Å². The van der Waals surface area contributed by atoms with E-state index in [4.69, 9.17) is 0 Å². The molecule has 0 rings (SSSR count). The fraction of sp³-hybridized carbons (Fsp3) is 1.00. The first-order valence-corrected chi connectivity index (χ1v) is 2.62. The van der Waals surface area contributed by atoms with Gasteiger partial charge in [0.05, 0.1) is 0 Å². The largest absolute Gasteiger partial charge is 1.00 e. The molecule has 0 unspecified atom stereocenters. The SMILES string of the molecule is C[N-]CC(C)(C)C.[Rb+]. The summed E-state index contributed by atoms with van der Waals surface area (Å²) in [6.07, 6.45) is 0. The van der Waals surface area contributed by atoms with Crippen LogP contribution >= 0.6 is 0 Å². The summed E-state index contributed by atoms with van der Waals surface area (Å²) in [5.74, 6) is 0. The fourth-order valence-corrected chi connectivity index (χ4v) is 0.474. The average Bonchev–Trinajstić information content (AvgIpc) is 1.30. The molecule has 0 fully saturated rings. The van der Waals surface area contributed by atoms with Gasteiger partial charge in [-0.05, 0) is 0 Å². The van der Waals surface area contributed by atoms with Crippen LogP contribution in [0.25, 0.3) is 5.32 Å². The minimum Gasteiger partial charge on any atom is -0.665 e. The molecule has 0 amide bonds. The molecule has 0 aliphatic rings. The molecule has 1 nitrogen and oxygen atoms in total. The van der Waals surface area contributed by atoms with Crippen molar-refractivity contribution in [2.24, 2.45) is 5.41 Å². The molecule has 0 spiro atoms. The molecule has 0 N–H and O–H groups in total. The van der Waals surface area contributed by atoms with Crippen molar-refractivity contribution in [2.45, 2.75) is 20.8 Å². The third-order valence-corrected chi connectivity index (χ3v) is 0.632. The van der Waals surface area contributed by atoms with E-state index in [0.717, 1.165) is 6.54 Å². The van der Waals surface area contributed by atoms with E-state index in [1.165, 1.54) is 0 Å². The number of hydrogen-bond acceptors (Lipinski definition) is 0. The van der Waals surface area contributed by atoms with Gasteiger partial charge in [0, 0.05) is 0 Å². The van der Waals surface area contributed by atoms with Crippen LogP contribution in [-0.4, -0.2) is 13.6 Å². The Kier molecular flexibility index (Phi) is 8.62. The number of hydrogen-bond donors (Lipinski definition) is 0. The van der Waals surface area contributed by atoms with Crippen molar-refractivity contribution in [2.75, 3.05) is 13.6 Å². The molecular weight excluding hydrogens is 172 g/mol. The molecule has 44 valence electrons. The Morgan fingerprint density at radius 3 is 1.62 bits per heavy atom. The zero-order valence-electron chi connectivity index (χ0n) is 6.65. The van der Waals surface area contributed by atoms with Gasteiger partial charge in [0.1, 0.15) is 0 Å². The Hall–Kier alpha value is 1.77. The molecule has 0 aromatic heterocycles. The van der Waals surface area contributed by atoms with Crippen LogP contribution < -0.4 is 58.2 Å². The Morgan fingerprint density at radius 2 is 1.62 bits per heavy atom. The van der Waals surface area contributed by atoms with E-state index >= 15 is 0 Å². The first-order chi connectivity index (χ1) is 3.06.